The van der Waals surface area contributed by atoms with E-state index in [9.17, 15) is 4.39 Å². The highest BCUT2D eigenvalue weighted by molar-refractivity contribution is 5.80. The molecule has 0 saturated heterocycles. The van der Waals surface area contributed by atoms with Gasteiger partial charge in [0.2, 0.25) is 0 Å². The largest absolute Gasteiger partial charge is 0.368 e. The molecule has 4 heteroatoms. The predicted octanol–water partition coefficient (Wildman–Crippen LogP) is 3.67. The van der Waals surface area contributed by atoms with E-state index < -0.39 is 0 Å². The van der Waals surface area contributed by atoms with Gasteiger partial charge in [0, 0.05) is 24.0 Å². The highest BCUT2D eigenvalue weighted by atomic mass is 19.1. The number of fused-ring (bicyclic) bond motifs is 2. The topological polar surface area (TPSA) is 37.0 Å². The summed E-state index contributed by atoms with van der Waals surface area (Å²) in [5.74, 6) is 0.512. The lowest BCUT2D eigenvalue weighted by Gasteiger charge is -2.27. The van der Waals surface area contributed by atoms with Crippen LogP contribution in [0.2, 0.25) is 0 Å². The van der Waals surface area contributed by atoms with E-state index in [-0.39, 0.29) is 11.9 Å². The lowest BCUT2D eigenvalue weighted by molar-refractivity contribution is 0.523. The van der Waals surface area contributed by atoms with Gasteiger partial charge >= 0.3 is 0 Å². The molecule has 0 spiro atoms. The summed E-state index contributed by atoms with van der Waals surface area (Å²) in [6, 6.07) is 17.4. The maximum atomic E-state index is 13.3. The van der Waals surface area contributed by atoms with Crippen LogP contribution in [0.4, 0.5) is 10.2 Å². The van der Waals surface area contributed by atoms with Crippen molar-refractivity contribution in [3.63, 3.8) is 0 Å². The van der Waals surface area contributed by atoms with Gasteiger partial charge in [0.1, 0.15) is 11.6 Å². The Morgan fingerprint density at radius 2 is 2.00 bits per heavy atom. The van der Waals surface area contributed by atoms with Crippen LogP contribution in [-0.4, -0.2) is 18.1 Å². The van der Waals surface area contributed by atoms with Crippen molar-refractivity contribution in [2.45, 2.75) is 12.5 Å². The molecule has 3 aromatic rings. The Morgan fingerprint density at radius 3 is 2.96 bits per heavy atom. The van der Waals surface area contributed by atoms with Gasteiger partial charge < -0.3 is 10.6 Å². The van der Waals surface area contributed by atoms with Crippen LogP contribution in [0.15, 0.2) is 54.6 Å². The Kier molecular flexibility index (Phi) is 3.67. The SMILES string of the molecule is Fc1ccc2ccc(NCC3NCCc4ccccc43)nc2c1. The molecule has 2 heterocycles. The molecule has 1 unspecified atom stereocenters. The number of hydrogen-bond acceptors (Lipinski definition) is 3. The van der Waals surface area contributed by atoms with E-state index in [1.165, 1.54) is 23.3 Å². The average Bonchev–Trinajstić information content (AvgIpc) is 2.59. The molecule has 1 aromatic heterocycles. The van der Waals surface area contributed by atoms with Crippen molar-refractivity contribution < 1.29 is 4.39 Å². The molecule has 0 fully saturated rings. The van der Waals surface area contributed by atoms with Crippen molar-refractivity contribution in [1.29, 1.82) is 0 Å². The summed E-state index contributed by atoms with van der Waals surface area (Å²) >= 11 is 0. The first-order valence-corrected chi connectivity index (χ1v) is 7.91. The third-order valence-corrected chi connectivity index (χ3v) is 4.36. The quantitative estimate of drug-likeness (QED) is 0.775. The average molecular weight is 307 g/mol. The first-order chi connectivity index (χ1) is 11.3. The number of hydrogen-bond donors (Lipinski definition) is 2. The zero-order chi connectivity index (χ0) is 15.6. The second-order valence-corrected chi connectivity index (χ2v) is 5.87. The number of anilines is 1. The molecule has 0 saturated carbocycles. The molecule has 2 aromatic carbocycles. The monoisotopic (exact) mass is 307 g/mol. The number of benzene rings is 2. The number of nitrogens with zero attached hydrogens (tertiary/aromatic N) is 1. The minimum atomic E-state index is -0.259. The molecule has 116 valence electrons. The predicted molar refractivity (Wildman–Crippen MR) is 91.1 cm³/mol. The molecule has 2 N–H and O–H groups in total. The van der Waals surface area contributed by atoms with Gasteiger partial charge in [0.05, 0.1) is 5.52 Å². The van der Waals surface area contributed by atoms with Crippen LogP contribution in [0.25, 0.3) is 10.9 Å². The van der Waals surface area contributed by atoms with Gasteiger partial charge in [-0.05, 0) is 48.4 Å². The number of halogens is 1. The van der Waals surface area contributed by atoms with Crippen LogP contribution in [0.5, 0.6) is 0 Å². The molecule has 1 aliphatic heterocycles. The Labute approximate surface area is 134 Å². The van der Waals surface area contributed by atoms with Crippen molar-refractivity contribution in [1.82, 2.24) is 10.3 Å². The van der Waals surface area contributed by atoms with Crippen molar-refractivity contribution in [2.24, 2.45) is 0 Å². The molecule has 0 aliphatic carbocycles. The minimum Gasteiger partial charge on any atom is -0.368 e. The van der Waals surface area contributed by atoms with E-state index in [2.05, 4.69) is 39.9 Å². The van der Waals surface area contributed by atoms with Crippen LogP contribution in [-0.2, 0) is 6.42 Å². The van der Waals surface area contributed by atoms with Crippen LogP contribution in [0, 0.1) is 5.82 Å². The van der Waals surface area contributed by atoms with Gasteiger partial charge in [-0.1, -0.05) is 24.3 Å². The van der Waals surface area contributed by atoms with Crippen molar-refractivity contribution in [3.8, 4) is 0 Å². The fourth-order valence-electron chi connectivity index (χ4n) is 3.17. The Morgan fingerprint density at radius 1 is 1.13 bits per heavy atom. The molecule has 1 atom stereocenters. The number of aromatic nitrogens is 1. The van der Waals surface area contributed by atoms with Gasteiger partial charge in [-0.3, -0.25) is 0 Å². The highest BCUT2D eigenvalue weighted by Gasteiger charge is 2.18. The summed E-state index contributed by atoms with van der Waals surface area (Å²) in [5.41, 5.74) is 3.43. The highest BCUT2D eigenvalue weighted by Crippen LogP contribution is 2.23. The van der Waals surface area contributed by atoms with Gasteiger partial charge in [-0.2, -0.15) is 0 Å². The molecule has 0 radical (unpaired) electrons. The standard InChI is InChI=1S/C19H18FN3/c20-15-7-5-14-6-8-19(23-17(14)11-15)22-12-18-16-4-2-1-3-13(16)9-10-21-18/h1-8,11,18,21H,9-10,12H2,(H,22,23). The molecule has 0 bridgehead atoms. The summed E-state index contributed by atoms with van der Waals surface area (Å²) in [4.78, 5) is 4.50. The fraction of sp³-hybridized carbons (Fsp3) is 0.211. The third kappa shape index (κ3) is 2.90. The lowest BCUT2D eigenvalue weighted by atomic mass is 9.94. The molecular weight excluding hydrogens is 289 g/mol. The van der Waals surface area contributed by atoms with Gasteiger partial charge in [0.15, 0.2) is 0 Å². The number of rotatable bonds is 3. The zero-order valence-corrected chi connectivity index (χ0v) is 12.7. The van der Waals surface area contributed by atoms with E-state index in [1.807, 2.05) is 12.1 Å². The van der Waals surface area contributed by atoms with Gasteiger partial charge in [-0.15, -0.1) is 0 Å². The summed E-state index contributed by atoms with van der Waals surface area (Å²) < 4.78 is 13.3. The molecule has 1 aliphatic rings. The van der Waals surface area contributed by atoms with Crippen molar-refractivity contribution in [2.75, 3.05) is 18.4 Å². The molecular formula is C19H18FN3. The summed E-state index contributed by atoms with van der Waals surface area (Å²) in [6.07, 6.45) is 1.07. The van der Waals surface area contributed by atoms with E-state index in [0.29, 0.717) is 5.52 Å². The minimum absolute atomic E-state index is 0.259. The van der Waals surface area contributed by atoms with E-state index >= 15 is 0 Å². The lowest BCUT2D eigenvalue weighted by Crippen LogP contribution is -2.34. The van der Waals surface area contributed by atoms with Crippen molar-refractivity contribution in [3.05, 3.63) is 71.5 Å². The van der Waals surface area contributed by atoms with Crippen LogP contribution in [0.1, 0.15) is 17.2 Å². The van der Waals surface area contributed by atoms with Gasteiger partial charge in [0.25, 0.3) is 0 Å². The zero-order valence-electron chi connectivity index (χ0n) is 12.7. The Balaban J connectivity index is 1.53. The smallest absolute Gasteiger partial charge is 0.126 e. The molecule has 23 heavy (non-hydrogen) atoms. The normalized spacial score (nSPS) is 17.0. The number of nitrogens with one attached hydrogen (secondary N) is 2. The fourth-order valence-corrected chi connectivity index (χ4v) is 3.17. The second-order valence-electron chi connectivity index (χ2n) is 5.87. The Hall–Kier alpha value is -2.46. The van der Waals surface area contributed by atoms with Crippen LogP contribution in [0.3, 0.4) is 0 Å². The maximum absolute atomic E-state index is 13.3. The first kappa shape index (κ1) is 14.2. The molecule has 4 rings (SSSR count). The summed E-state index contributed by atoms with van der Waals surface area (Å²) in [6.45, 7) is 1.74. The third-order valence-electron chi connectivity index (χ3n) is 4.36. The Bertz CT molecular complexity index is 847. The summed E-state index contributed by atoms with van der Waals surface area (Å²) in [5, 5.41) is 7.86. The van der Waals surface area contributed by atoms with E-state index in [4.69, 9.17) is 0 Å². The first-order valence-electron chi connectivity index (χ1n) is 7.91. The van der Waals surface area contributed by atoms with E-state index in [0.717, 1.165) is 30.7 Å². The maximum Gasteiger partial charge on any atom is 0.126 e. The van der Waals surface area contributed by atoms with Crippen LogP contribution < -0.4 is 10.6 Å². The van der Waals surface area contributed by atoms with Gasteiger partial charge in [-0.25, -0.2) is 9.37 Å². The van der Waals surface area contributed by atoms with Crippen molar-refractivity contribution >= 4 is 16.7 Å². The van der Waals surface area contributed by atoms with E-state index in [1.54, 1.807) is 6.07 Å². The number of pyridine rings is 1. The second kappa shape index (κ2) is 5.97. The molecule has 0 amide bonds. The van der Waals surface area contributed by atoms with Crippen LogP contribution >= 0.6 is 0 Å². The summed E-state index contributed by atoms with van der Waals surface area (Å²) in [7, 11) is 0. The molecule has 3 nitrogen and oxygen atoms in total.